The van der Waals surface area contributed by atoms with Crippen molar-refractivity contribution >= 4 is 24.2 Å². The number of hydrogen-bond acceptors (Lipinski definition) is 2. The highest BCUT2D eigenvalue weighted by molar-refractivity contribution is 7.99. The van der Waals surface area contributed by atoms with E-state index in [9.17, 15) is 0 Å². The summed E-state index contributed by atoms with van der Waals surface area (Å²) in [7, 11) is 0. The molecule has 17 heavy (non-hydrogen) atoms. The van der Waals surface area contributed by atoms with Crippen LogP contribution in [0.2, 0.25) is 0 Å². The summed E-state index contributed by atoms with van der Waals surface area (Å²) in [6.07, 6.45) is 2.28. The molecule has 2 N–H and O–H groups in total. The van der Waals surface area contributed by atoms with Crippen molar-refractivity contribution in [1.82, 2.24) is 0 Å². The first kappa shape index (κ1) is 16.8. The molecule has 3 heteroatoms. The lowest BCUT2D eigenvalue weighted by Crippen LogP contribution is -2.11. The lowest BCUT2D eigenvalue weighted by Gasteiger charge is -2.13. The molecule has 0 saturated carbocycles. The Morgan fingerprint density at radius 3 is 2.18 bits per heavy atom. The van der Waals surface area contributed by atoms with Crippen LogP contribution in [0.4, 0.5) is 0 Å². The van der Waals surface area contributed by atoms with Crippen molar-refractivity contribution in [3.05, 3.63) is 29.8 Å². The van der Waals surface area contributed by atoms with Crippen LogP contribution >= 0.6 is 24.2 Å². The zero-order chi connectivity index (χ0) is 12.0. The average Bonchev–Trinajstić information content (AvgIpc) is 2.27. The van der Waals surface area contributed by atoms with Crippen molar-refractivity contribution in [3.8, 4) is 0 Å². The molecular weight excluding hydrogens is 250 g/mol. The van der Waals surface area contributed by atoms with Crippen LogP contribution in [0, 0.1) is 5.92 Å². The molecule has 0 amide bonds. The first-order valence-corrected chi connectivity index (χ1v) is 7.10. The van der Waals surface area contributed by atoms with Crippen molar-refractivity contribution in [2.45, 2.75) is 44.6 Å². The molecule has 1 nitrogen and oxygen atoms in total. The number of rotatable bonds is 6. The molecule has 0 heterocycles. The number of thioether (sulfide) groups is 1. The normalized spacial score (nSPS) is 12.3. The lowest BCUT2D eigenvalue weighted by molar-refractivity contribution is 0.507. The fraction of sp³-hybridized carbons (Fsp3) is 0.571. The molecule has 1 rings (SSSR count). The van der Waals surface area contributed by atoms with E-state index in [4.69, 9.17) is 5.73 Å². The molecule has 0 aliphatic rings. The molecule has 0 unspecified atom stereocenters. The summed E-state index contributed by atoms with van der Waals surface area (Å²) >= 11 is 1.87. The van der Waals surface area contributed by atoms with E-state index in [1.54, 1.807) is 0 Å². The SMILES string of the molecule is CCSc1ccc([C@H](N)CCC(C)C)cc1.Cl. The van der Waals surface area contributed by atoms with Gasteiger partial charge >= 0.3 is 0 Å². The van der Waals surface area contributed by atoms with E-state index in [1.165, 1.54) is 16.9 Å². The summed E-state index contributed by atoms with van der Waals surface area (Å²) in [6, 6.07) is 8.90. The van der Waals surface area contributed by atoms with E-state index in [0.717, 1.165) is 18.1 Å². The van der Waals surface area contributed by atoms with Crippen molar-refractivity contribution in [2.75, 3.05) is 5.75 Å². The predicted molar refractivity (Wildman–Crippen MR) is 81.1 cm³/mol. The zero-order valence-electron chi connectivity index (χ0n) is 11.0. The van der Waals surface area contributed by atoms with Gasteiger partial charge < -0.3 is 5.73 Å². The Hall–Kier alpha value is -0.180. The quantitative estimate of drug-likeness (QED) is 0.763. The molecule has 0 aliphatic heterocycles. The highest BCUT2D eigenvalue weighted by Crippen LogP contribution is 2.22. The highest BCUT2D eigenvalue weighted by atomic mass is 35.5. The number of hydrogen-bond donors (Lipinski definition) is 1. The minimum Gasteiger partial charge on any atom is -0.324 e. The van der Waals surface area contributed by atoms with Crippen LogP contribution in [0.15, 0.2) is 29.2 Å². The molecule has 0 saturated heterocycles. The Morgan fingerprint density at radius 1 is 1.12 bits per heavy atom. The van der Waals surface area contributed by atoms with Crippen molar-refractivity contribution in [1.29, 1.82) is 0 Å². The maximum atomic E-state index is 6.16. The van der Waals surface area contributed by atoms with Gasteiger partial charge in [-0.2, -0.15) is 0 Å². The molecule has 1 aromatic carbocycles. The Balaban J connectivity index is 0.00000256. The van der Waals surface area contributed by atoms with Crippen molar-refractivity contribution in [2.24, 2.45) is 11.7 Å². The van der Waals surface area contributed by atoms with E-state index in [-0.39, 0.29) is 18.4 Å². The summed E-state index contributed by atoms with van der Waals surface area (Å²) < 4.78 is 0. The largest absolute Gasteiger partial charge is 0.324 e. The second-order valence-corrected chi connectivity index (χ2v) is 5.92. The van der Waals surface area contributed by atoms with Gasteiger partial charge in [0.1, 0.15) is 0 Å². The highest BCUT2D eigenvalue weighted by Gasteiger charge is 2.06. The topological polar surface area (TPSA) is 26.0 Å². The first-order valence-electron chi connectivity index (χ1n) is 6.11. The maximum Gasteiger partial charge on any atom is 0.0294 e. The van der Waals surface area contributed by atoms with Gasteiger partial charge in [0.2, 0.25) is 0 Å². The maximum absolute atomic E-state index is 6.16. The van der Waals surface area contributed by atoms with Gasteiger partial charge in [-0.25, -0.2) is 0 Å². The summed E-state index contributed by atoms with van der Waals surface area (Å²) in [6.45, 7) is 6.66. The first-order chi connectivity index (χ1) is 7.63. The molecule has 0 aliphatic carbocycles. The Kier molecular flexibility index (Phi) is 8.75. The van der Waals surface area contributed by atoms with E-state index in [1.807, 2.05) is 11.8 Å². The minimum absolute atomic E-state index is 0. The second kappa shape index (κ2) is 8.84. The summed E-state index contributed by atoms with van der Waals surface area (Å²) in [5.74, 6) is 1.86. The van der Waals surface area contributed by atoms with Gasteiger partial charge in [0.05, 0.1) is 0 Å². The molecule has 98 valence electrons. The lowest BCUT2D eigenvalue weighted by atomic mass is 9.98. The smallest absolute Gasteiger partial charge is 0.0294 e. The van der Waals surface area contributed by atoms with E-state index >= 15 is 0 Å². The molecule has 0 aromatic heterocycles. The van der Waals surface area contributed by atoms with Crippen molar-refractivity contribution in [3.63, 3.8) is 0 Å². The third-order valence-electron chi connectivity index (χ3n) is 2.67. The van der Waals surface area contributed by atoms with Crippen LogP contribution in [0.25, 0.3) is 0 Å². The standard InChI is InChI=1S/C14H23NS.ClH/c1-4-16-13-8-6-12(7-9-13)14(15)10-5-11(2)3;/h6-9,11,14H,4-5,10,15H2,1-3H3;1H/t14-;/m1./s1. The van der Waals surface area contributed by atoms with Crippen LogP contribution in [0.5, 0.6) is 0 Å². The fourth-order valence-electron chi connectivity index (χ4n) is 1.66. The van der Waals surface area contributed by atoms with Crippen LogP contribution in [-0.4, -0.2) is 5.75 Å². The minimum atomic E-state index is 0. The summed E-state index contributed by atoms with van der Waals surface area (Å²) in [5.41, 5.74) is 7.43. The zero-order valence-corrected chi connectivity index (χ0v) is 12.6. The Morgan fingerprint density at radius 2 is 1.71 bits per heavy atom. The van der Waals surface area contributed by atoms with E-state index < -0.39 is 0 Å². The molecule has 0 spiro atoms. The summed E-state index contributed by atoms with van der Waals surface area (Å²) in [5, 5.41) is 0. The molecule has 0 radical (unpaired) electrons. The van der Waals surface area contributed by atoms with Crippen LogP contribution in [0.3, 0.4) is 0 Å². The third kappa shape index (κ3) is 6.35. The van der Waals surface area contributed by atoms with Gasteiger partial charge in [-0.15, -0.1) is 24.2 Å². The monoisotopic (exact) mass is 273 g/mol. The molecule has 1 aromatic rings. The third-order valence-corrected chi connectivity index (χ3v) is 3.57. The van der Waals surface area contributed by atoms with Crippen molar-refractivity contribution < 1.29 is 0 Å². The molecule has 0 bridgehead atoms. The van der Waals surface area contributed by atoms with Gasteiger partial charge in [0.15, 0.2) is 0 Å². The van der Waals surface area contributed by atoms with Gasteiger partial charge in [-0.05, 0) is 42.2 Å². The summed E-state index contributed by atoms with van der Waals surface area (Å²) in [4.78, 5) is 1.34. The van der Waals surface area contributed by atoms with E-state index in [0.29, 0.717) is 0 Å². The van der Waals surface area contributed by atoms with Gasteiger partial charge in [0.25, 0.3) is 0 Å². The second-order valence-electron chi connectivity index (χ2n) is 4.58. The average molecular weight is 274 g/mol. The molecular formula is C14H24ClNS. The van der Waals surface area contributed by atoms with Crippen LogP contribution < -0.4 is 5.73 Å². The number of benzene rings is 1. The van der Waals surface area contributed by atoms with Crippen LogP contribution in [-0.2, 0) is 0 Å². The Bertz CT molecular complexity index is 298. The van der Waals surface area contributed by atoms with E-state index in [2.05, 4.69) is 45.0 Å². The van der Waals surface area contributed by atoms with Crippen LogP contribution in [0.1, 0.15) is 45.2 Å². The van der Waals surface area contributed by atoms with Gasteiger partial charge in [-0.3, -0.25) is 0 Å². The molecule has 1 atom stereocenters. The fourth-order valence-corrected chi connectivity index (χ4v) is 2.32. The van der Waals surface area contributed by atoms with Gasteiger partial charge in [-0.1, -0.05) is 32.9 Å². The van der Waals surface area contributed by atoms with Gasteiger partial charge in [0, 0.05) is 10.9 Å². The number of halogens is 1. The Labute approximate surface area is 116 Å². The molecule has 0 fully saturated rings. The number of nitrogens with two attached hydrogens (primary N) is 1. The predicted octanol–water partition coefficient (Wildman–Crippen LogP) is 4.66.